The van der Waals surface area contributed by atoms with E-state index in [1.807, 2.05) is 78.9 Å². The summed E-state index contributed by atoms with van der Waals surface area (Å²) in [5.41, 5.74) is 3.40. The Labute approximate surface area is 193 Å². The first-order chi connectivity index (χ1) is 15.4. The Morgan fingerprint density at radius 1 is 0.969 bits per heavy atom. The van der Waals surface area contributed by atoms with Crippen molar-refractivity contribution in [3.8, 4) is 5.75 Å². The minimum Gasteiger partial charge on any atom is -0.487 e. The third kappa shape index (κ3) is 5.55. The molecule has 162 valence electrons. The Morgan fingerprint density at radius 3 is 2.62 bits per heavy atom. The molecule has 0 atom stereocenters. The van der Waals surface area contributed by atoms with E-state index in [1.54, 1.807) is 12.1 Å². The van der Waals surface area contributed by atoms with E-state index in [1.165, 1.54) is 6.26 Å². The number of sulfone groups is 1. The number of aromatic nitrogens is 1. The Balaban J connectivity index is 1.43. The van der Waals surface area contributed by atoms with Gasteiger partial charge in [-0.2, -0.15) is 0 Å². The van der Waals surface area contributed by atoms with Crippen molar-refractivity contribution < 1.29 is 13.2 Å². The molecule has 0 N–H and O–H groups in total. The maximum Gasteiger partial charge on any atom is 0.175 e. The van der Waals surface area contributed by atoms with Crippen LogP contribution in [-0.4, -0.2) is 19.7 Å². The normalized spacial score (nSPS) is 11.8. The molecule has 1 heterocycles. The number of ether oxygens (including phenoxy) is 1. The minimum atomic E-state index is -3.25. The van der Waals surface area contributed by atoms with Crippen molar-refractivity contribution >= 4 is 38.4 Å². The predicted octanol–water partition coefficient (Wildman–Crippen LogP) is 6.13. The fraction of sp³-hybridized carbons (Fsp3) is 0.115. The molecule has 0 fully saturated rings. The fourth-order valence-corrected chi connectivity index (χ4v) is 4.55. The first-order valence-electron chi connectivity index (χ1n) is 10.1. The third-order valence-electron chi connectivity index (χ3n) is 4.98. The molecule has 0 saturated heterocycles. The van der Waals surface area contributed by atoms with E-state index in [9.17, 15) is 8.42 Å². The van der Waals surface area contributed by atoms with Gasteiger partial charge in [0.1, 0.15) is 12.4 Å². The minimum absolute atomic E-state index is 0.345. The Morgan fingerprint density at radius 2 is 1.78 bits per heavy atom. The van der Waals surface area contributed by atoms with Gasteiger partial charge in [-0.05, 0) is 53.9 Å². The van der Waals surface area contributed by atoms with Crippen LogP contribution in [0, 0.1) is 0 Å². The summed E-state index contributed by atoms with van der Waals surface area (Å²) in [5.74, 6) is 0.733. The number of fused-ring (bicyclic) bond motifs is 1. The largest absolute Gasteiger partial charge is 0.487 e. The molecule has 0 aliphatic rings. The van der Waals surface area contributed by atoms with Gasteiger partial charge >= 0.3 is 0 Å². The molecule has 6 heteroatoms. The summed E-state index contributed by atoms with van der Waals surface area (Å²) in [6.45, 7) is 0.345. The topological polar surface area (TPSA) is 56.3 Å². The SMILES string of the molecule is CS(=O)(=O)c1ccccc1C/C=C\c1cccc(OCc2ccc3ccc(Cl)cc3n2)c1. The summed E-state index contributed by atoms with van der Waals surface area (Å²) in [6.07, 6.45) is 5.67. The zero-order valence-corrected chi connectivity index (χ0v) is 19.1. The van der Waals surface area contributed by atoms with Crippen LogP contribution in [0.25, 0.3) is 17.0 Å². The number of hydrogen-bond donors (Lipinski definition) is 0. The Bertz CT molecular complexity index is 1400. The molecule has 32 heavy (non-hydrogen) atoms. The van der Waals surface area contributed by atoms with Gasteiger partial charge in [0.05, 0.1) is 16.1 Å². The summed E-state index contributed by atoms with van der Waals surface area (Å²) >= 11 is 6.07. The highest BCUT2D eigenvalue weighted by Gasteiger charge is 2.11. The van der Waals surface area contributed by atoms with Crippen LogP contribution in [0.1, 0.15) is 16.8 Å². The van der Waals surface area contributed by atoms with E-state index in [4.69, 9.17) is 16.3 Å². The van der Waals surface area contributed by atoms with Crippen LogP contribution in [0.2, 0.25) is 5.02 Å². The lowest BCUT2D eigenvalue weighted by molar-refractivity contribution is 0.302. The van der Waals surface area contributed by atoms with Crippen LogP contribution >= 0.6 is 11.6 Å². The number of hydrogen-bond acceptors (Lipinski definition) is 4. The lowest BCUT2D eigenvalue weighted by Crippen LogP contribution is -2.01. The van der Waals surface area contributed by atoms with Gasteiger partial charge in [0.2, 0.25) is 0 Å². The van der Waals surface area contributed by atoms with Crippen LogP contribution in [0.4, 0.5) is 0 Å². The first-order valence-corrected chi connectivity index (χ1v) is 12.4. The number of allylic oxidation sites excluding steroid dienone is 1. The smallest absolute Gasteiger partial charge is 0.175 e. The monoisotopic (exact) mass is 463 g/mol. The molecule has 0 bridgehead atoms. The second kappa shape index (κ2) is 9.55. The summed E-state index contributed by atoms with van der Waals surface area (Å²) in [5, 5.41) is 1.68. The zero-order chi connectivity index (χ0) is 22.6. The zero-order valence-electron chi connectivity index (χ0n) is 17.5. The Hall–Kier alpha value is -3.15. The average molecular weight is 464 g/mol. The summed E-state index contributed by atoms with van der Waals surface area (Å²) in [7, 11) is -3.25. The average Bonchev–Trinajstić information content (AvgIpc) is 2.77. The van der Waals surface area contributed by atoms with Crippen LogP contribution in [0.3, 0.4) is 0 Å². The van der Waals surface area contributed by atoms with Gasteiger partial charge in [-0.3, -0.25) is 0 Å². The molecule has 0 aliphatic heterocycles. The van der Waals surface area contributed by atoms with Crippen LogP contribution < -0.4 is 4.74 Å². The molecule has 1 aromatic heterocycles. The van der Waals surface area contributed by atoms with Gasteiger partial charge < -0.3 is 4.74 Å². The van der Waals surface area contributed by atoms with E-state index in [2.05, 4.69) is 4.98 Å². The molecule has 0 spiro atoms. The van der Waals surface area contributed by atoms with Gasteiger partial charge in [0, 0.05) is 16.7 Å². The highest BCUT2D eigenvalue weighted by atomic mass is 35.5. The highest BCUT2D eigenvalue weighted by molar-refractivity contribution is 7.90. The van der Waals surface area contributed by atoms with Crippen molar-refractivity contribution in [1.82, 2.24) is 4.98 Å². The highest BCUT2D eigenvalue weighted by Crippen LogP contribution is 2.21. The second-order valence-corrected chi connectivity index (χ2v) is 9.91. The number of pyridine rings is 1. The maximum absolute atomic E-state index is 12.0. The number of rotatable bonds is 7. The first kappa shape index (κ1) is 22.1. The van der Waals surface area contributed by atoms with Crippen molar-refractivity contribution in [2.75, 3.05) is 6.26 Å². The van der Waals surface area contributed by atoms with Gasteiger partial charge in [0.15, 0.2) is 9.84 Å². The van der Waals surface area contributed by atoms with Crippen LogP contribution in [0.5, 0.6) is 5.75 Å². The van der Waals surface area contributed by atoms with E-state index in [0.29, 0.717) is 22.9 Å². The van der Waals surface area contributed by atoms with Gasteiger partial charge in [-0.1, -0.05) is 66.2 Å². The van der Waals surface area contributed by atoms with E-state index in [0.717, 1.165) is 33.5 Å². The van der Waals surface area contributed by atoms with E-state index >= 15 is 0 Å². The van der Waals surface area contributed by atoms with Gasteiger partial charge in [0.25, 0.3) is 0 Å². The molecule has 0 saturated carbocycles. The lowest BCUT2D eigenvalue weighted by Gasteiger charge is -2.08. The van der Waals surface area contributed by atoms with E-state index < -0.39 is 9.84 Å². The molecule has 3 aromatic carbocycles. The van der Waals surface area contributed by atoms with E-state index in [-0.39, 0.29) is 0 Å². The van der Waals surface area contributed by atoms with Crippen molar-refractivity contribution in [2.24, 2.45) is 0 Å². The van der Waals surface area contributed by atoms with Crippen molar-refractivity contribution in [3.05, 3.63) is 107 Å². The summed E-state index contributed by atoms with van der Waals surface area (Å²) in [6, 6.07) is 24.4. The van der Waals surface area contributed by atoms with Crippen LogP contribution in [0.15, 0.2) is 89.8 Å². The number of nitrogens with zero attached hydrogens (tertiary/aromatic N) is 1. The van der Waals surface area contributed by atoms with Crippen LogP contribution in [-0.2, 0) is 22.9 Å². The van der Waals surface area contributed by atoms with Crippen molar-refractivity contribution in [3.63, 3.8) is 0 Å². The van der Waals surface area contributed by atoms with Gasteiger partial charge in [-0.25, -0.2) is 13.4 Å². The molecule has 4 rings (SSSR count). The molecule has 0 radical (unpaired) electrons. The van der Waals surface area contributed by atoms with Gasteiger partial charge in [-0.15, -0.1) is 0 Å². The standard InChI is InChI=1S/C26H22ClNO3S/c1-32(29,30)26-11-3-2-8-21(26)9-4-6-19-7-5-10-24(16-19)31-18-23-15-13-20-12-14-22(27)17-25(20)28-23/h2-8,10-17H,9,18H2,1H3/b6-4-. The third-order valence-corrected chi connectivity index (χ3v) is 6.41. The fourth-order valence-electron chi connectivity index (χ4n) is 3.43. The lowest BCUT2D eigenvalue weighted by atomic mass is 10.1. The predicted molar refractivity (Wildman–Crippen MR) is 130 cm³/mol. The number of halogens is 1. The molecule has 0 aliphatic carbocycles. The maximum atomic E-state index is 12.0. The molecule has 4 nitrogen and oxygen atoms in total. The quantitative estimate of drug-likeness (QED) is 0.331. The second-order valence-electron chi connectivity index (χ2n) is 7.49. The number of benzene rings is 3. The molecule has 0 amide bonds. The molecular formula is C26H22ClNO3S. The molecule has 0 unspecified atom stereocenters. The molecule has 4 aromatic rings. The summed E-state index contributed by atoms with van der Waals surface area (Å²) < 4.78 is 29.8. The molecular weight excluding hydrogens is 442 g/mol. The Kier molecular flexibility index (Phi) is 6.58. The van der Waals surface area contributed by atoms with Crippen molar-refractivity contribution in [2.45, 2.75) is 17.9 Å². The summed E-state index contributed by atoms with van der Waals surface area (Å²) in [4.78, 5) is 4.98. The van der Waals surface area contributed by atoms with Crippen molar-refractivity contribution in [1.29, 1.82) is 0 Å².